The summed E-state index contributed by atoms with van der Waals surface area (Å²) in [5.74, 6) is 0. The summed E-state index contributed by atoms with van der Waals surface area (Å²) in [6, 6.07) is 21.4. The molecule has 0 aliphatic heterocycles. The van der Waals surface area contributed by atoms with Crippen molar-refractivity contribution in [2.24, 2.45) is 0 Å². The third-order valence-corrected chi connectivity index (χ3v) is 3.82. The van der Waals surface area contributed by atoms with Crippen LogP contribution in [0.15, 0.2) is 73.1 Å². The highest BCUT2D eigenvalue weighted by molar-refractivity contribution is 5.61. The maximum atomic E-state index is 2.25. The fourth-order valence-corrected chi connectivity index (χ4v) is 2.64. The summed E-state index contributed by atoms with van der Waals surface area (Å²) in [7, 11) is 0. The van der Waals surface area contributed by atoms with Gasteiger partial charge < -0.3 is 12.4 Å². The summed E-state index contributed by atoms with van der Waals surface area (Å²) in [6.07, 6.45) is 4.35. The van der Waals surface area contributed by atoms with Crippen molar-refractivity contribution in [2.45, 2.75) is 20.4 Å². The second-order valence-electron chi connectivity index (χ2n) is 5.56. The number of aromatic nitrogens is 1. The molecule has 3 aromatic rings. The van der Waals surface area contributed by atoms with Gasteiger partial charge in [-0.15, -0.1) is 0 Å². The van der Waals surface area contributed by atoms with Crippen molar-refractivity contribution in [3.05, 3.63) is 89.7 Å². The number of hydrogen-bond acceptors (Lipinski definition) is 0. The van der Waals surface area contributed by atoms with E-state index in [1.54, 1.807) is 0 Å². The Morgan fingerprint density at radius 2 is 1.55 bits per heavy atom. The fraction of sp³-hybridized carbons (Fsp3) is 0.150. The van der Waals surface area contributed by atoms with Gasteiger partial charge in [0.15, 0.2) is 18.9 Å². The normalized spacial score (nSPS) is 10.1. The third kappa shape index (κ3) is 3.75. The lowest BCUT2D eigenvalue weighted by molar-refractivity contribution is -0.687. The van der Waals surface area contributed by atoms with Crippen molar-refractivity contribution >= 4 is 0 Å². The molecule has 2 heteroatoms. The van der Waals surface area contributed by atoms with Crippen LogP contribution >= 0.6 is 0 Å². The second-order valence-corrected chi connectivity index (χ2v) is 5.56. The number of nitrogens with zero attached hydrogens (tertiary/aromatic N) is 1. The third-order valence-electron chi connectivity index (χ3n) is 3.82. The van der Waals surface area contributed by atoms with Crippen LogP contribution in [-0.2, 0) is 6.54 Å². The van der Waals surface area contributed by atoms with Gasteiger partial charge in [0.05, 0.1) is 0 Å². The monoisotopic (exact) mass is 309 g/mol. The zero-order chi connectivity index (χ0) is 14.7. The quantitative estimate of drug-likeness (QED) is 0.642. The van der Waals surface area contributed by atoms with Crippen LogP contribution in [0.1, 0.15) is 16.7 Å². The molecule has 112 valence electrons. The standard InChI is InChI=1S/C20H20N.ClH/c1-16-10-11-19(17(2)13-16)14-21-12-6-9-20(15-21)18-7-4-3-5-8-18;/h3-13,15H,14H2,1-2H3;1H/q+1;/p-1. The molecule has 0 bridgehead atoms. The van der Waals surface area contributed by atoms with E-state index >= 15 is 0 Å². The van der Waals surface area contributed by atoms with Crippen molar-refractivity contribution in [3.63, 3.8) is 0 Å². The largest absolute Gasteiger partial charge is 1.00 e. The van der Waals surface area contributed by atoms with Gasteiger partial charge in [-0.1, -0.05) is 54.1 Å². The van der Waals surface area contributed by atoms with E-state index in [0.717, 1.165) is 6.54 Å². The predicted molar refractivity (Wildman–Crippen MR) is 87.1 cm³/mol. The lowest BCUT2D eigenvalue weighted by Gasteiger charge is -2.05. The molecular weight excluding hydrogens is 290 g/mol. The maximum absolute atomic E-state index is 2.25. The second kappa shape index (κ2) is 7.24. The van der Waals surface area contributed by atoms with Crippen molar-refractivity contribution in [2.75, 3.05) is 0 Å². The molecule has 0 amide bonds. The van der Waals surface area contributed by atoms with E-state index < -0.39 is 0 Å². The number of benzene rings is 2. The Hall–Kier alpha value is -2.12. The first-order chi connectivity index (χ1) is 10.2. The summed E-state index contributed by atoms with van der Waals surface area (Å²) >= 11 is 0. The van der Waals surface area contributed by atoms with Crippen LogP contribution in [0.4, 0.5) is 0 Å². The van der Waals surface area contributed by atoms with Crippen LogP contribution < -0.4 is 17.0 Å². The molecule has 0 aliphatic rings. The van der Waals surface area contributed by atoms with Crippen molar-refractivity contribution in [3.8, 4) is 11.1 Å². The minimum Gasteiger partial charge on any atom is -1.00 e. The Labute approximate surface area is 138 Å². The lowest BCUT2D eigenvalue weighted by atomic mass is 10.1. The van der Waals surface area contributed by atoms with Gasteiger partial charge in [-0.3, -0.25) is 0 Å². The zero-order valence-corrected chi connectivity index (χ0v) is 13.7. The van der Waals surface area contributed by atoms with Gasteiger partial charge in [0, 0.05) is 17.2 Å². The number of aryl methyl sites for hydroxylation is 2. The average Bonchev–Trinajstić information content (AvgIpc) is 2.51. The summed E-state index contributed by atoms with van der Waals surface area (Å²) < 4.78 is 2.25. The molecule has 2 aromatic carbocycles. The van der Waals surface area contributed by atoms with Crippen LogP contribution in [-0.4, -0.2) is 0 Å². The summed E-state index contributed by atoms with van der Waals surface area (Å²) in [4.78, 5) is 0. The number of halogens is 1. The molecule has 0 saturated carbocycles. The van der Waals surface area contributed by atoms with E-state index in [1.807, 2.05) is 0 Å². The Balaban J connectivity index is 0.00000176. The first kappa shape index (κ1) is 16.3. The van der Waals surface area contributed by atoms with E-state index in [2.05, 4.69) is 91.5 Å². The minimum atomic E-state index is 0. The molecule has 0 fully saturated rings. The molecule has 0 aliphatic carbocycles. The molecule has 22 heavy (non-hydrogen) atoms. The first-order valence-corrected chi connectivity index (χ1v) is 7.33. The molecule has 0 N–H and O–H groups in total. The van der Waals surface area contributed by atoms with Crippen molar-refractivity contribution in [1.29, 1.82) is 0 Å². The minimum absolute atomic E-state index is 0. The average molecular weight is 310 g/mol. The van der Waals surface area contributed by atoms with Gasteiger partial charge in [-0.05, 0) is 31.0 Å². The SMILES string of the molecule is Cc1ccc(C[n+]2cccc(-c3ccccc3)c2)c(C)c1.[Cl-]. The van der Waals surface area contributed by atoms with Crippen LogP contribution in [0, 0.1) is 13.8 Å². The number of hydrogen-bond donors (Lipinski definition) is 0. The molecule has 0 saturated heterocycles. The Morgan fingerprint density at radius 3 is 2.27 bits per heavy atom. The van der Waals surface area contributed by atoms with Crippen LogP contribution in [0.2, 0.25) is 0 Å². The Bertz CT molecular complexity index is 751. The number of pyridine rings is 1. The highest BCUT2D eigenvalue weighted by atomic mass is 35.5. The van der Waals surface area contributed by atoms with E-state index in [9.17, 15) is 0 Å². The summed E-state index contributed by atoms with van der Waals surface area (Å²) in [5.41, 5.74) is 6.55. The van der Waals surface area contributed by atoms with Gasteiger partial charge in [0.1, 0.15) is 0 Å². The topological polar surface area (TPSA) is 3.88 Å². The fourth-order valence-electron chi connectivity index (χ4n) is 2.64. The number of rotatable bonds is 3. The Morgan fingerprint density at radius 1 is 0.818 bits per heavy atom. The lowest BCUT2D eigenvalue weighted by Crippen LogP contribution is -3.00. The van der Waals surface area contributed by atoms with Gasteiger partial charge in [0.25, 0.3) is 0 Å². The van der Waals surface area contributed by atoms with Gasteiger partial charge >= 0.3 is 0 Å². The zero-order valence-electron chi connectivity index (χ0n) is 13.0. The maximum Gasteiger partial charge on any atom is 0.176 e. The summed E-state index contributed by atoms with van der Waals surface area (Å²) in [6.45, 7) is 5.23. The predicted octanol–water partition coefficient (Wildman–Crippen LogP) is 1.31. The van der Waals surface area contributed by atoms with Crippen molar-refractivity contribution < 1.29 is 17.0 Å². The van der Waals surface area contributed by atoms with Crippen LogP contribution in [0.5, 0.6) is 0 Å². The molecule has 1 aromatic heterocycles. The van der Waals surface area contributed by atoms with E-state index in [0.29, 0.717) is 0 Å². The molecule has 0 atom stereocenters. The van der Waals surface area contributed by atoms with Gasteiger partial charge in [-0.25, -0.2) is 4.57 Å². The van der Waals surface area contributed by atoms with Gasteiger partial charge in [-0.2, -0.15) is 0 Å². The molecule has 0 spiro atoms. The smallest absolute Gasteiger partial charge is 0.176 e. The molecular formula is C20H20ClN. The highest BCUT2D eigenvalue weighted by Crippen LogP contribution is 2.16. The van der Waals surface area contributed by atoms with Crippen molar-refractivity contribution in [1.82, 2.24) is 0 Å². The molecule has 3 rings (SSSR count). The van der Waals surface area contributed by atoms with Crippen LogP contribution in [0.25, 0.3) is 11.1 Å². The molecule has 1 nitrogen and oxygen atoms in total. The molecule has 0 unspecified atom stereocenters. The molecule has 0 radical (unpaired) electrons. The van der Waals surface area contributed by atoms with E-state index in [4.69, 9.17) is 0 Å². The van der Waals surface area contributed by atoms with E-state index in [1.165, 1.54) is 27.8 Å². The summed E-state index contributed by atoms with van der Waals surface area (Å²) in [5, 5.41) is 0. The van der Waals surface area contributed by atoms with Crippen LogP contribution in [0.3, 0.4) is 0 Å². The van der Waals surface area contributed by atoms with E-state index in [-0.39, 0.29) is 12.4 Å². The highest BCUT2D eigenvalue weighted by Gasteiger charge is 2.08. The molecule has 1 heterocycles. The van der Waals surface area contributed by atoms with Gasteiger partial charge in [0.2, 0.25) is 0 Å². The first-order valence-electron chi connectivity index (χ1n) is 7.33. The Kier molecular flexibility index (Phi) is 5.35.